The Morgan fingerprint density at radius 1 is 1.33 bits per heavy atom. The summed E-state index contributed by atoms with van der Waals surface area (Å²) in [5.74, 6) is 0. The highest BCUT2D eigenvalue weighted by molar-refractivity contribution is 9.09. The first-order chi connectivity index (χ1) is 5.83. The van der Waals surface area contributed by atoms with Gasteiger partial charge in [-0.1, -0.05) is 28.8 Å². The van der Waals surface area contributed by atoms with Crippen LogP contribution in [-0.4, -0.2) is 19.0 Å². The molecule has 0 aromatic rings. The molecule has 1 aliphatic rings. The fraction of sp³-hybridized carbons (Fsp3) is 1.00. The van der Waals surface area contributed by atoms with Crippen molar-refractivity contribution in [2.75, 3.05) is 19.0 Å². The summed E-state index contributed by atoms with van der Waals surface area (Å²) in [4.78, 5) is 0. The van der Waals surface area contributed by atoms with Crippen LogP contribution in [0.5, 0.6) is 0 Å². The van der Waals surface area contributed by atoms with Crippen molar-refractivity contribution >= 4 is 15.9 Å². The highest BCUT2D eigenvalue weighted by Gasteiger charge is 2.31. The van der Waals surface area contributed by atoms with Crippen LogP contribution in [0.3, 0.4) is 0 Å². The minimum absolute atomic E-state index is 0.624. The zero-order chi connectivity index (χ0) is 8.86. The van der Waals surface area contributed by atoms with E-state index in [-0.39, 0.29) is 0 Å². The van der Waals surface area contributed by atoms with E-state index in [0.29, 0.717) is 5.41 Å². The molecule has 0 spiro atoms. The zero-order valence-corrected chi connectivity index (χ0v) is 9.53. The Bertz CT molecular complexity index is 119. The van der Waals surface area contributed by atoms with Crippen LogP contribution in [0, 0.1) is 5.41 Å². The summed E-state index contributed by atoms with van der Waals surface area (Å²) in [6.07, 6.45) is 8.26. The largest absolute Gasteiger partial charge is 0.385 e. The fourth-order valence-corrected chi connectivity index (χ4v) is 3.01. The average Bonchev–Trinajstić information content (AvgIpc) is 2.55. The molecule has 1 saturated carbocycles. The van der Waals surface area contributed by atoms with Gasteiger partial charge in [0.05, 0.1) is 0 Å². The molecule has 0 bridgehead atoms. The van der Waals surface area contributed by atoms with Gasteiger partial charge in [0.1, 0.15) is 0 Å². The molecule has 0 radical (unpaired) electrons. The fourth-order valence-electron chi connectivity index (χ4n) is 2.17. The van der Waals surface area contributed by atoms with Gasteiger partial charge in [0.2, 0.25) is 0 Å². The smallest absolute Gasteiger partial charge is 0.0462 e. The minimum atomic E-state index is 0.624. The maximum atomic E-state index is 5.08. The molecule has 1 nitrogen and oxygen atoms in total. The lowest BCUT2D eigenvalue weighted by Gasteiger charge is -2.26. The number of ether oxygens (including phenoxy) is 1. The van der Waals surface area contributed by atoms with E-state index in [1.165, 1.54) is 43.9 Å². The molecule has 12 heavy (non-hydrogen) atoms. The first kappa shape index (κ1) is 10.5. The second kappa shape index (κ2) is 5.23. The minimum Gasteiger partial charge on any atom is -0.385 e. The van der Waals surface area contributed by atoms with E-state index < -0.39 is 0 Å². The van der Waals surface area contributed by atoms with Gasteiger partial charge in [-0.2, -0.15) is 0 Å². The molecule has 0 saturated heterocycles. The molecule has 0 aliphatic heterocycles. The standard InChI is InChI=1S/C10H19BrO/c1-12-8-4-7-10(9-11)5-2-3-6-10/h2-9H2,1H3. The molecule has 72 valence electrons. The number of rotatable bonds is 5. The van der Waals surface area contributed by atoms with E-state index in [4.69, 9.17) is 4.74 Å². The van der Waals surface area contributed by atoms with Crippen LogP contribution in [-0.2, 0) is 4.74 Å². The zero-order valence-electron chi connectivity index (χ0n) is 7.94. The van der Waals surface area contributed by atoms with Gasteiger partial charge in [0.15, 0.2) is 0 Å². The maximum absolute atomic E-state index is 5.08. The third-order valence-corrected chi connectivity index (χ3v) is 4.19. The van der Waals surface area contributed by atoms with E-state index in [0.717, 1.165) is 6.61 Å². The quantitative estimate of drug-likeness (QED) is 0.524. The lowest BCUT2D eigenvalue weighted by Crippen LogP contribution is -2.18. The van der Waals surface area contributed by atoms with Crippen LogP contribution >= 0.6 is 15.9 Å². The van der Waals surface area contributed by atoms with Crippen LogP contribution in [0.4, 0.5) is 0 Å². The SMILES string of the molecule is COCCCC1(CBr)CCCC1. The summed E-state index contributed by atoms with van der Waals surface area (Å²) in [7, 11) is 1.79. The normalized spacial score (nSPS) is 21.5. The summed E-state index contributed by atoms with van der Waals surface area (Å²) < 4.78 is 5.08. The lowest BCUT2D eigenvalue weighted by molar-refractivity contribution is 0.173. The van der Waals surface area contributed by atoms with Gasteiger partial charge < -0.3 is 4.74 Å². The van der Waals surface area contributed by atoms with Gasteiger partial charge in [-0.15, -0.1) is 0 Å². The van der Waals surface area contributed by atoms with Crippen LogP contribution in [0.15, 0.2) is 0 Å². The molecular weight excluding hydrogens is 216 g/mol. The second-order valence-electron chi connectivity index (χ2n) is 3.94. The predicted molar refractivity (Wildman–Crippen MR) is 55.8 cm³/mol. The van der Waals surface area contributed by atoms with Crippen molar-refractivity contribution in [3.63, 3.8) is 0 Å². The van der Waals surface area contributed by atoms with E-state index in [1.54, 1.807) is 7.11 Å². The Morgan fingerprint density at radius 2 is 2.00 bits per heavy atom. The van der Waals surface area contributed by atoms with Crippen LogP contribution in [0.25, 0.3) is 0 Å². The van der Waals surface area contributed by atoms with E-state index >= 15 is 0 Å². The van der Waals surface area contributed by atoms with Crippen LogP contribution in [0.2, 0.25) is 0 Å². The van der Waals surface area contributed by atoms with Crippen LogP contribution in [0.1, 0.15) is 38.5 Å². The van der Waals surface area contributed by atoms with Crippen molar-refractivity contribution in [3.8, 4) is 0 Å². The Hall–Kier alpha value is 0.440. The number of methoxy groups -OCH3 is 1. The first-order valence-corrected chi connectivity index (χ1v) is 6.00. The second-order valence-corrected chi connectivity index (χ2v) is 4.50. The predicted octanol–water partition coefficient (Wildman–Crippen LogP) is 3.37. The van der Waals surface area contributed by atoms with Crippen molar-refractivity contribution < 1.29 is 4.74 Å². The van der Waals surface area contributed by atoms with Gasteiger partial charge >= 0.3 is 0 Å². The topological polar surface area (TPSA) is 9.23 Å². The molecule has 0 aromatic heterocycles. The molecule has 0 aromatic carbocycles. The van der Waals surface area contributed by atoms with Gasteiger partial charge in [-0.05, 0) is 31.1 Å². The summed E-state index contributed by atoms with van der Waals surface area (Å²) in [5, 5.41) is 1.18. The number of alkyl halides is 1. The van der Waals surface area contributed by atoms with Crippen molar-refractivity contribution in [2.45, 2.75) is 38.5 Å². The summed E-state index contributed by atoms with van der Waals surface area (Å²) in [6.45, 7) is 0.925. The highest BCUT2D eigenvalue weighted by atomic mass is 79.9. The maximum Gasteiger partial charge on any atom is 0.0462 e. The van der Waals surface area contributed by atoms with Gasteiger partial charge in [-0.3, -0.25) is 0 Å². The monoisotopic (exact) mass is 234 g/mol. The van der Waals surface area contributed by atoms with Crippen LogP contribution < -0.4 is 0 Å². The molecule has 0 unspecified atom stereocenters. The number of hydrogen-bond donors (Lipinski definition) is 0. The Morgan fingerprint density at radius 3 is 2.50 bits per heavy atom. The number of halogens is 1. The molecule has 1 rings (SSSR count). The van der Waals surface area contributed by atoms with E-state index in [9.17, 15) is 0 Å². The van der Waals surface area contributed by atoms with Gasteiger partial charge in [0.25, 0.3) is 0 Å². The van der Waals surface area contributed by atoms with E-state index in [1.807, 2.05) is 0 Å². The molecule has 1 fully saturated rings. The lowest BCUT2D eigenvalue weighted by atomic mass is 9.84. The van der Waals surface area contributed by atoms with Gasteiger partial charge in [-0.25, -0.2) is 0 Å². The van der Waals surface area contributed by atoms with Crippen molar-refractivity contribution in [1.82, 2.24) is 0 Å². The molecule has 2 heteroatoms. The molecule has 0 amide bonds. The highest BCUT2D eigenvalue weighted by Crippen LogP contribution is 2.43. The Labute approximate surface area is 84.0 Å². The van der Waals surface area contributed by atoms with Crippen molar-refractivity contribution in [2.24, 2.45) is 5.41 Å². The Kier molecular flexibility index (Phi) is 4.59. The molecular formula is C10H19BrO. The third-order valence-electron chi connectivity index (χ3n) is 3.00. The van der Waals surface area contributed by atoms with Gasteiger partial charge in [0, 0.05) is 19.0 Å². The molecule has 0 atom stereocenters. The number of hydrogen-bond acceptors (Lipinski definition) is 1. The van der Waals surface area contributed by atoms with Crippen molar-refractivity contribution in [3.05, 3.63) is 0 Å². The average molecular weight is 235 g/mol. The summed E-state index contributed by atoms with van der Waals surface area (Å²) >= 11 is 3.64. The third kappa shape index (κ3) is 2.74. The Balaban J connectivity index is 2.24. The van der Waals surface area contributed by atoms with Crippen molar-refractivity contribution in [1.29, 1.82) is 0 Å². The van der Waals surface area contributed by atoms with E-state index in [2.05, 4.69) is 15.9 Å². The first-order valence-electron chi connectivity index (χ1n) is 4.88. The molecule has 1 aliphatic carbocycles. The summed E-state index contributed by atoms with van der Waals surface area (Å²) in [5.41, 5.74) is 0.624. The molecule has 0 N–H and O–H groups in total. The molecule has 0 heterocycles. The summed E-state index contributed by atoms with van der Waals surface area (Å²) in [6, 6.07) is 0.